The number of carbonyl (C=O) groups excluding carboxylic acids is 1. The SMILES string of the molecule is CCOC(=O)C(Sc1ccccc1)c1ccc(N(C)C)cc1. The molecule has 1 atom stereocenters. The molecule has 0 spiro atoms. The number of thioether (sulfide) groups is 1. The number of hydrogen-bond donors (Lipinski definition) is 0. The minimum atomic E-state index is -0.349. The van der Waals surface area contributed by atoms with Crippen molar-refractivity contribution < 1.29 is 9.53 Å². The van der Waals surface area contributed by atoms with E-state index in [1.165, 1.54) is 11.8 Å². The minimum absolute atomic E-state index is 0.200. The maximum Gasteiger partial charge on any atom is 0.323 e. The number of hydrogen-bond acceptors (Lipinski definition) is 4. The number of esters is 1. The first-order chi connectivity index (χ1) is 10.6. The summed E-state index contributed by atoms with van der Waals surface area (Å²) in [5.74, 6) is -0.200. The van der Waals surface area contributed by atoms with Crippen LogP contribution >= 0.6 is 11.8 Å². The first kappa shape index (κ1) is 16.4. The van der Waals surface area contributed by atoms with Gasteiger partial charge in [-0.05, 0) is 36.8 Å². The summed E-state index contributed by atoms with van der Waals surface area (Å²) >= 11 is 1.52. The molecule has 0 aliphatic carbocycles. The summed E-state index contributed by atoms with van der Waals surface area (Å²) in [4.78, 5) is 15.4. The molecule has 0 saturated heterocycles. The molecule has 0 aliphatic rings. The first-order valence-electron chi connectivity index (χ1n) is 7.27. The van der Waals surface area contributed by atoms with Crippen LogP contribution in [0, 0.1) is 0 Å². The van der Waals surface area contributed by atoms with Gasteiger partial charge in [0.05, 0.1) is 6.61 Å². The van der Waals surface area contributed by atoms with E-state index in [0.29, 0.717) is 6.61 Å². The second-order valence-corrected chi connectivity index (χ2v) is 6.23. The fourth-order valence-corrected chi connectivity index (χ4v) is 3.10. The van der Waals surface area contributed by atoms with Crippen molar-refractivity contribution in [3.05, 3.63) is 60.2 Å². The zero-order valence-corrected chi connectivity index (χ0v) is 14.0. The van der Waals surface area contributed by atoms with E-state index in [0.717, 1.165) is 16.1 Å². The van der Waals surface area contributed by atoms with Crippen LogP contribution in [-0.2, 0) is 9.53 Å². The Morgan fingerprint density at radius 2 is 1.73 bits per heavy atom. The van der Waals surface area contributed by atoms with E-state index >= 15 is 0 Å². The molecule has 22 heavy (non-hydrogen) atoms. The number of anilines is 1. The molecule has 1 unspecified atom stereocenters. The maximum atomic E-state index is 12.3. The third-order valence-corrected chi connectivity index (χ3v) is 4.45. The first-order valence-corrected chi connectivity index (χ1v) is 8.15. The summed E-state index contributed by atoms with van der Waals surface area (Å²) < 4.78 is 5.24. The van der Waals surface area contributed by atoms with Crippen LogP contribution in [0.25, 0.3) is 0 Å². The molecule has 0 heterocycles. The fraction of sp³-hybridized carbons (Fsp3) is 0.278. The summed E-state index contributed by atoms with van der Waals surface area (Å²) in [5, 5.41) is -0.349. The maximum absolute atomic E-state index is 12.3. The van der Waals surface area contributed by atoms with Gasteiger partial charge in [0.15, 0.2) is 0 Å². The van der Waals surface area contributed by atoms with Gasteiger partial charge in [-0.25, -0.2) is 0 Å². The molecule has 0 bridgehead atoms. The lowest BCUT2D eigenvalue weighted by atomic mass is 10.1. The average molecular weight is 315 g/mol. The van der Waals surface area contributed by atoms with E-state index in [1.807, 2.05) is 80.5 Å². The molecule has 0 fully saturated rings. The van der Waals surface area contributed by atoms with Gasteiger partial charge in [-0.3, -0.25) is 4.79 Å². The van der Waals surface area contributed by atoms with Crippen LogP contribution in [-0.4, -0.2) is 26.7 Å². The molecule has 116 valence electrons. The van der Waals surface area contributed by atoms with Gasteiger partial charge in [0.25, 0.3) is 0 Å². The summed E-state index contributed by atoms with van der Waals surface area (Å²) in [6.45, 7) is 2.22. The molecule has 0 saturated carbocycles. The highest BCUT2D eigenvalue weighted by Gasteiger charge is 2.23. The van der Waals surface area contributed by atoms with E-state index in [2.05, 4.69) is 0 Å². The lowest BCUT2D eigenvalue weighted by Gasteiger charge is -2.18. The van der Waals surface area contributed by atoms with Gasteiger partial charge in [-0.1, -0.05) is 30.3 Å². The molecule has 4 heteroatoms. The summed E-state index contributed by atoms with van der Waals surface area (Å²) in [6.07, 6.45) is 0. The van der Waals surface area contributed by atoms with Crippen molar-refractivity contribution in [2.75, 3.05) is 25.6 Å². The number of nitrogens with zero attached hydrogens (tertiary/aromatic N) is 1. The Hall–Kier alpha value is -1.94. The fourth-order valence-electron chi connectivity index (χ4n) is 2.05. The topological polar surface area (TPSA) is 29.5 Å². The van der Waals surface area contributed by atoms with Crippen LogP contribution in [0.15, 0.2) is 59.5 Å². The highest BCUT2D eigenvalue weighted by Crippen LogP contribution is 2.36. The molecule has 0 amide bonds. The summed E-state index contributed by atoms with van der Waals surface area (Å²) in [6, 6.07) is 17.9. The van der Waals surface area contributed by atoms with E-state index in [-0.39, 0.29) is 11.2 Å². The molecule has 2 rings (SSSR count). The van der Waals surface area contributed by atoms with Crippen LogP contribution in [0.3, 0.4) is 0 Å². The van der Waals surface area contributed by atoms with Gasteiger partial charge in [0.2, 0.25) is 0 Å². The van der Waals surface area contributed by atoms with E-state index in [4.69, 9.17) is 4.74 Å². The third-order valence-electron chi connectivity index (χ3n) is 3.21. The Kier molecular flexibility index (Phi) is 5.90. The van der Waals surface area contributed by atoms with Gasteiger partial charge in [-0.15, -0.1) is 11.8 Å². The van der Waals surface area contributed by atoms with Crippen molar-refractivity contribution in [2.24, 2.45) is 0 Å². The van der Waals surface area contributed by atoms with E-state index in [1.54, 1.807) is 0 Å². The van der Waals surface area contributed by atoms with Gasteiger partial charge < -0.3 is 9.64 Å². The second-order valence-electron chi connectivity index (χ2n) is 5.05. The quantitative estimate of drug-likeness (QED) is 0.591. The Balaban J connectivity index is 2.25. The molecule has 3 nitrogen and oxygen atoms in total. The smallest absolute Gasteiger partial charge is 0.323 e. The number of carbonyl (C=O) groups is 1. The Morgan fingerprint density at radius 3 is 2.27 bits per heavy atom. The lowest BCUT2D eigenvalue weighted by molar-refractivity contribution is -0.142. The van der Waals surface area contributed by atoms with Crippen molar-refractivity contribution >= 4 is 23.4 Å². The average Bonchev–Trinajstić information content (AvgIpc) is 2.54. The predicted molar refractivity (Wildman–Crippen MR) is 92.4 cm³/mol. The monoisotopic (exact) mass is 315 g/mol. The standard InChI is InChI=1S/C18H21NO2S/c1-4-21-18(20)17(22-16-8-6-5-7-9-16)14-10-12-15(13-11-14)19(2)3/h5-13,17H,4H2,1-3H3. The van der Waals surface area contributed by atoms with Crippen molar-refractivity contribution in [2.45, 2.75) is 17.1 Å². The molecule has 2 aromatic carbocycles. The van der Waals surface area contributed by atoms with Crippen LogP contribution in [0.2, 0.25) is 0 Å². The van der Waals surface area contributed by atoms with Gasteiger partial charge in [0.1, 0.15) is 5.25 Å². The Bertz CT molecular complexity index is 596. The van der Waals surface area contributed by atoms with Crippen molar-refractivity contribution in [1.82, 2.24) is 0 Å². The van der Waals surface area contributed by atoms with Crippen LogP contribution in [0.1, 0.15) is 17.7 Å². The lowest BCUT2D eigenvalue weighted by Crippen LogP contribution is -2.14. The van der Waals surface area contributed by atoms with Crippen molar-refractivity contribution in [1.29, 1.82) is 0 Å². The normalized spacial score (nSPS) is 11.8. The number of benzene rings is 2. The van der Waals surface area contributed by atoms with E-state index in [9.17, 15) is 4.79 Å². The minimum Gasteiger partial charge on any atom is -0.465 e. The molecule has 0 aliphatic heterocycles. The van der Waals surface area contributed by atoms with Gasteiger partial charge in [0, 0.05) is 24.7 Å². The molecule has 0 N–H and O–H groups in total. The largest absolute Gasteiger partial charge is 0.465 e. The highest BCUT2D eigenvalue weighted by molar-refractivity contribution is 8.00. The predicted octanol–water partition coefficient (Wildman–Crippen LogP) is 4.15. The number of ether oxygens (including phenoxy) is 1. The zero-order valence-electron chi connectivity index (χ0n) is 13.2. The third kappa shape index (κ3) is 4.28. The molecule has 0 aromatic heterocycles. The summed E-state index contributed by atoms with van der Waals surface area (Å²) in [7, 11) is 3.99. The van der Waals surface area contributed by atoms with Crippen molar-refractivity contribution in [3.8, 4) is 0 Å². The Labute approximate surface area is 136 Å². The molecular weight excluding hydrogens is 294 g/mol. The van der Waals surface area contributed by atoms with Crippen LogP contribution in [0.4, 0.5) is 5.69 Å². The molecule has 0 radical (unpaired) electrons. The highest BCUT2D eigenvalue weighted by atomic mass is 32.2. The summed E-state index contributed by atoms with van der Waals surface area (Å²) in [5.41, 5.74) is 2.06. The zero-order chi connectivity index (χ0) is 15.9. The van der Waals surface area contributed by atoms with Crippen molar-refractivity contribution in [3.63, 3.8) is 0 Å². The van der Waals surface area contributed by atoms with Gasteiger partial charge >= 0.3 is 5.97 Å². The Morgan fingerprint density at radius 1 is 1.09 bits per heavy atom. The molecular formula is C18H21NO2S. The molecule has 2 aromatic rings. The van der Waals surface area contributed by atoms with Crippen LogP contribution in [0.5, 0.6) is 0 Å². The van der Waals surface area contributed by atoms with E-state index < -0.39 is 0 Å². The number of rotatable bonds is 6. The van der Waals surface area contributed by atoms with Gasteiger partial charge in [-0.2, -0.15) is 0 Å². The second kappa shape index (κ2) is 7.90. The van der Waals surface area contributed by atoms with Crippen LogP contribution < -0.4 is 4.90 Å².